The van der Waals surface area contributed by atoms with Gasteiger partial charge in [-0.1, -0.05) is 0 Å². The van der Waals surface area contributed by atoms with Crippen LogP contribution in [0.5, 0.6) is 0 Å². The Morgan fingerprint density at radius 1 is 1.24 bits per heavy atom. The summed E-state index contributed by atoms with van der Waals surface area (Å²) in [4.78, 5) is 0. The van der Waals surface area contributed by atoms with Crippen LogP contribution in [-0.2, 0) is 0 Å². The predicted molar refractivity (Wildman–Crippen MR) is 59.8 cm³/mol. The Bertz CT molecular complexity index is 243. The molecule has 0 amide bonds. The van der Waals surface area contributed by atoms with Crippen molar-refractivity contribution in [3.8, 4) is 0 Å². The Morgan fingerprint density at radius 3 is 2.24 bits per heavy atom. The molecule has 7 heteroatoms. The van der Waals surface area contributed by atoms with E-state index in [1.54, 1.807) is 0 Å². The third-order valence-electron chi connectivity index (χ3n) is 3.36. The Labute approximate surface area is 99.9 Å². The summed E-state index contributed by atoms with van der Waals surface area (Å²) in [6, 6.07) is 0. The molecule has 5 unspecified atom stereocenters. The molecule has 0 aromatic heterocycles. The largest absolute Gasteiger partial charge is 0.391 e. The molecule has 0 spiro atoms. The number of nitrogens with one attached hydrogen (secondary N) is 1. The van der Waals surface area contributed by atoms with Gasteiger partial charge in [-0.15, -0.1) is 0 Å². The molecule has 0 bridgehead atoms. The van der Waals surface area contributed by atoms with E-state index in [1.807, 2.05) is 0 Å². The number of nitrogens with two attached hydrogens (primary N) is 1. The molecular weight excluding hydrogens is 228 g/mol. The van der Waals surface area contributed by atoms with Crippen LogP contribution in [0, 0.1) is 5.92 Å². The second-order valence-electron chi connectivity index (χ2n) is 4.74. The minimum Gasteiger partial charge on any atom is -0.391 e. The standard InChI is InChI=1S/C10H22N2O5/c1-5(13)7(14)8(15)9(16)10(11,17)6-2-3-12-4-6/h5-9,12-17H,2-4,11H2,1H3/t5?,6-,7?,8?,9?,10?/m1/s1. The highest BCUT2D eigenvalue weighted by Crippen LogP contribution is 2.25. The third-order valence-corrected chi connectivity index (χ3v) is 3.36. The quantitative estimate of drug-likeness (QED) is 0.254. The lowest BCUT2D eigenvalue weighted by Crippen LogP contribution is -2.63. The first-order valence-corrected chi connectivity index (χ1v) is 5.72. The maximum Gasteiger partial charge on any atom is 0.146 e. The Morgan fingerprint density at radius 2 is 1.82 bits per heavy atom. The molecule has 1 saturated heterocycles. The molecule has 17 heavy (non-hydrogen) atoms. The van der Waals surface area contributed by atoms with E-state index in [-0.39, 0.29) is 0 Å². The molecule has 1 rings (SSSR count). The van der Waals surface area contributed by atoms with Crippen molar-refractivity contribution in [1.82, 2.24) is 5.32 Å². The molecule has 0 radical (unpaired) electrons. The van der Waals surface area contributed by atoms with E-state index in [1.165, 1.54) is 6.92 Å². The van der Waals surface area contributed by atoms with Crippen molar-refractivity contribution < 1.29 is 25.5 Å². The van der Waals surface area contributed by atoms with Gasteiger partial charge in [-0.3, -0.25) is 0 Å². The van der Waals surface area contributed by atoms with Gasteiger partial charge in [0.1, 0.15) is 24.0 Å². The van der Waals surface area contributed by atoms with E-state index in [0.29, 0.717) is 19.5 Å². The van der Waals surface area contributed by atoms with Gasteiger partial charge >= 0.3 is 0 Å². The van der Waals surface area contributed by atoms with Crippen molar-refractivity contribution in [2.24, 2.45) is 11.7 Å². The highest BCUT2D eigenvalue weighted by atomic mass is 16.4. The summed E-state index contributed by atoms with van der Waals surface area (Å²) in [7, 11) is 0. The van der Waals surface area contributed by atoms with Crippen LogP contribution in [-0.4, -0.2) is 68.8 Å². The van der Waals surface area contributed by atoms with Gasteiger partial charge < -0.3 is 36.6 Å². The predicted octanol–water partition coefficient (Wildman–Crippen LogP) is -3.29. The minimum atomic E-state index is -2.00. The zero-order chi connectivity index (χ0) is 13.2. The average molecular weight is 250 g/mol. The van der Waals surface area contributed by atoms with Crippen molar-refractivity contribution in [3.05, 3.63) is 0 Å². The zero-order valence-electron chi connectivity index (χ0n) is 9.82. The smallest absolute Gasteiger partial charge is 0.146 e. The molecule has 1 fully saturated rings. The molecular formula is C10H22N2O5. The maximum absolute atomic E-state index is 10.0. The number of hydrogen-bond acceptors (Lipinski definition) is 7. The minimum absolute atomic E-state index is 0.409. The van der Waals surface area contributed by atoms with E-state index in [2.05, 4.69) is 5.32 Å². The fourth-order valence-corrected chi connectivity index (χ4v) is 2.04. The highest BCUT2D eigenvalue weighted by molar-refractivity contribution is 4.97. The second kappa shape index (κ2) is 5.57. The van der Waals surface area contributed by atoms with Crippen LogP contribution in [0.1, 0.15) is 13.3 Å². The van der Waals surface area contributed by atoms with Crippen molar-refractivity contribution in [1.29, 1.82) is 0 Å². The Balaban J connectivity index is 2.69. The van der Waals surface area contributed by atoms with Crippen molar-refractivity contribution in [3.63, 3.8) is 0 Å². The van der Waals surface area contributed by atoms with Crippen LogP contribution in [0.4, 0.5) is 0 Å². The fraction of sp³-hybridized carbons (Fsp3) is 1.00. The molecule has 1 aliphatic rings. The monoisotopic (exact) mass is 250 g/mol. The topological polar surface area (TPSA) is 139 Å². The summed E-state index contributed by atoms with van der Waals surface area (Å²) >= 11 is 0. The molecule has 0 aromatic carbocycles. The van der Waals surface area contributed by atoms with Crippen LogP contribution in [0.3, 0.4) is 0 Å². The van der Waals surface area contributed by atoms with E-state index in [9.17, 15) is 20.4 Å². The van der Waals surface area contributed by atoms with E-state index in [4.69, 9.17) is 10.8 Å². The third kappa shape index (κ3) is 3.14. The van der Waals surface area contributed by atoms with Crippen LogP contribution >= 0.6 is 0 Å². The molecule has 0 aromatic rings. The van der Waals surface area contributed by atoms with Gasteiger partial charge in [-0.05, 0) is 19.9 Å². The van der Waals surface area contributed by atoms with Crippen LogP contribution < -0.4 is 11.1 Å². The fourth-order valence-electron chi connectivity index (χ4n) is 2.04. The molecule has 1 aliphatic heterocycles. The van der Waals surface area contributed by atoms with Gasteiger partial charge in [0.15, 0.2) is 0 Å². The van der Waals surface area contributed by atoms with Gasteiger partial charge in [0.05, 0.1) is 6.10 Å². The van der Waals surface area contributed by atoms with Crippen LogP contribution in [0.15, 0.2) is 0 Å². The lowest BCUT2D eigenvalue weighted by Gasteiger charge is -2.38. The number of aliphatic hydroxyl groups excluding tert-OH is 4. The first-order chi connectivity index (χ1) is 7.78. The molecule has 7 nitrogen and oxygen atoms in total. The van der Waals surface area contributed by atoms with E-state index < -0.39 is 36.1 Å². The SMILES string of the molecule is CC(O)C(O)C(O)C(O)C(N)(O)[C@@H]1CCNC1. The van der Waals surface area contributed by atoms with E-state index in [0.717, 1.165) is 0 Å². The number of aliphatic hydroxyl groups is 5. The molecule has 0 aliphatic carbocycles. The molecule has 102 valence electrons. The van der Waals surface area contributed by atoms with Gasteiger partial charge in [0.25, 0.3) is 0 Å². The summed E-state index contributed by atoms with van der Waals surface area (Å²) in [5.74, 6) is -0.409. The number of rotatable bonds is 5. The lowest BCUT2D eigenvalue weighted by molar-refractivity contribution is -0.181. The summed E-state index contributed by atoms with van der Waals surface area (Å²) in [5.41, 5.74) is 3.62. The van der Waals surface area contributed by atoms with Crippen molar-refractivity contribution in [2.75, 3.05) is 13.1 Å². The second-order valence-corrected chi connectivity index (χ2v) is 4.74. The molecule has 0 saturated carbocycles. The van der Waals surface area contributed by atoms with Crippen molar-refractivity contribution in [2.45, 2.75) is 43.5 Å². The van der Waals surface area contributed by atoms with Crippen LogP contribution in [0.25, 0.3) is 0 Å². The highest BCUT2D eigenvalue weighted by Gasteiger charge is 2.46. The first-order valence-electron chi connectivity index (χ1n) is 5.72. The van der Waals surface area contributed by atoms with E-state index >= 15 is 0 Å². The van der Waals surface area contributed by atoms with Crippen molar-refractivity contribution >= 4 is 0 Å². The van der Waals surface area contributed by atoms with Gasteiger partial charge in [0.2, 0.25) is 0 Å². The Kier molecular flexibility index (Phi) is 4.85. The van der Waals surface area contributed by atoms with Crippen LogP contribution in [0.2, 0.25) is 0 Å². The summed E-state index contributed by atoms with van der Waals surface area (Å²) in [6.07, 6.45) is -5.64. The maximum atomic E-state index is 10.0. The van der Waals surface area contributed by atoms with Gasteiger partial charge in [-0.25, -0.2) is 0 Å². The zero-order valence-corrected chi connectivity index (χ0v) is 9.82. The number of hydrogen-bond donors (Lipinski definition) is 7. The first kappa shape index (κ1) is 14.8. The summed E-state index contributed by atoms with van der Waals surface area (Å²) in [5, 5.41) is 51.0. The molecule has 1 heterocycles. The molecule has 8 N–H and O–H groups in total. The summed E-state index contributed by atoms with van der Waals surface area (Å²) in [6.45, 7) is 2.38. The summed E-state index contributed by atoms with van der Waals surface area (Å²) < 4.78 is 0. The average Bonchev–Trinajstić information content (AvgIpc) is 2.79. The van der Waals surface area contributed by atoms with Gasteiger partial charge in [0, 0.05) is 12.5 Å². The Hall–Kier alpha value is -0.280. The normalized spacial score (nSPS) is 31.6. The van der Waals surface area contributed by atoms with Gasteiger partial charge in [-0.2, -0.15) is 0 Å². The lowest BCUT2D eigenvalue weighted by atomic mass is 9.86. The molecule has 6 atom stereocenters.